The Hall–Kier alpha value is -1.24. The van der Waals surface area contributed by atoms with E-state index in [1.807, 2.05) is 6.92 Å². The molecular weight excluding hydrogens is 357 g/mol. The normalized spacial score (nSPS) is 11.6. The van der Waals surface area contributed by atoms with Crippen LogP contribution in [-0.4, -0.2) is 15.0 Å². The largest absolute Gasteiger partial charge is 0.240 e. The standard InChI is InChI=1S/C15H15BrFNO2S/c1-11-9-14(5-6-15(11)16)21(19,20)18-8-7-12-3-2-4-13(17)10-12/h2-6,9-10,18H,7-8H2,1H3. The van der Waals surface area contributed by atoms with Crippen molar-refractivity contribution in [2.45, 2.75) is 18.2 Å². The third-order valence-corrected chi connectivity index (χ3v) is 5.38. The topological polar surface area (TPSA) is 46.2 Å². The Labute approximate surface area is 132 Å². The molecule has 0 aromatic heterocycles. The van der Waals surface area contributed by atoms with Crippen molar-refractivity contribution in [2.24, 2.45) is 0 Å². The Morgan fingerprint density at radius 3 is 2.62 bits per heavy atom. The summed E-state index contributed by atoms with van der Waals surface area (Å²) in [6.45, 7) is 2.05. The summed E-state index contributed by atoms with van der Waals surface area (Å²) in [5.74, 6) is -0.320. The van der Waals surface area contributed by atoms with Crippen LogP contribution in [0.25, 0.3) is 0 Å². The molecule has 0 fully saturated rings. The second-order valence-corrected chi connectivity index (χ2v) is 7.31. The Morgan fingerprint density at radius 1 is 1.19 bits per heavy atom. The molecule has 0 saturated heterocycles. The molecule has 2 rings (SSSR count). The van der Waals surface area contributed by atoms with E-state index >= 15 is 0 Å². The van der Waals surface area contributed by atoms with E-state index in [0.29, 0.717) is 6.42 Å². The van der Waals surface area contributed by atoms with Crippen molar-refractivity contribution < 1.29 is 12.8 Å². The minimum Gasteiger partial charge on any atom is -0.211 e. The molecule has 0 aliphatic carbocycles. The van der Waals surface area contributed by atoms with Gasteiger partial charge in [0.25, 0.3) is 0 Å². The van der Waals surface area contributed by atoms with E-state index < -0.39 is 10.0 Å². The molecule has 1 N–H and O–H groups in total. The molecule has 2 aromatic carbocycles. The lowest BCUT2D eigenvalue weighted by molar-refractivity contribution is 0.581. The molecule has 6 heteroatoms. The van der Waals surface area contributed by atoms with Gasteiger partial charge in [0, 0.05) is 11.0 Å². The molecule has 0 bridgehead atoms. The van der Waals surface area contributed by atoms with Crippen molar-refractivity contribution in [1.29, 1.82) is 0 Å². The maximum Gasteiger partial charge on any atom is 0.240 e. The number of rotatable bonds is 5. The molecule has 0 amide bonds. The van der Waals surface area contributed by atoms with Crippen LogP contribution >= 0.6 is 15.9 Å². The molecule has 112 valence electrons. The molecule has 0 unspecified atom stereocenters. The lowest BCUT2D eigenvalue weighted by Gasteiger charge is -2.08. The maximum absolute atomic E-state index is 13.0. The summed E-state index contributed by atoms with van der Waals surface area (Å²) in [7, 11) is -3.54. The third kappa shape index (κ3) is 4.36. The van der Waals surface area contributed by atoms with Crippen molar-refractivity contribution in [2.75, 3.05) is 6.54 Å². The Morgan fingerprint density at radius 2 is 1.95 bits per heavy atom. The monoisotopic (exact) mass is 371 g/mol. The molecule has 0 atom stereocenters. The van der Waals surface area contributed by atoms with Crippen LogP contribution in [-0.2, 0) is 16.4 Å². The number of hydrogen-bond acceptors (Lipinski definition) is 2. The van der Waals surface area contributed by atoms with Crippen molar-refractivity contribution in [3.05, 3.63) is 63.9 Å². The van der Waals surface area contributed by atoms with Gasteiger partial charge in [0.1, 0.15) is 5.82 Å². The summed E-state index contributed by atoms with van der Waals surface area (Å²) in [6.07, 6.45) is 0.437. The highest BCUT2D eigenvalue weighted by atomic mass is 79.9. The highest BCUT2D eigenvalue weighted by molar-refractivity contribution is 9.10. The Balaban J connectivity index is 2.03. The lowest BCUT2D eigenvalue weighted by atomic mass is 10.1. The van der Waals surface area contributed by atoms with Gasteiger partial charge in [0.05, 0.1) is 4.90 Å². The zero-order chi connectivity index (χ0) is 15.5. The number of hydrogen-bond donors (Lipinski definition) is 1. The van der Waals surface area contributed by atoms with Gasteiger partial charge in [-0.05, 0) is 54.8 Å². The first-order valence-corrected chi connectivity index (χ1v) is 8.66. The second kappa shape index (κ2) is 6.68. The molecule has 21 heavy (non-hydrogen) atoms. The first-order chi connectivity index (χ1) is 9.88. The molecule has 0 saturated carbocycles. The highest BCUT2D eigenvalue weighted by Crippen LogP contribution is 2.19. The molecule has 0 radical (unpaired) electrons. The van der Waals surface area contributed by atoms with Crippen LogP contribution in [0.4, 0.5) is 4.39 Å². The van der Waals surface area contributed by atoms with Gasteiger partial charge in [0.2, 0.25) is 10.0 Å². The van der Waals surface area contributed by atoms with Crippen molar-refractivity contribution in [3.8, 4) is 0 Å². The zero-order valence-corrected chi connectivity index (χ0v) is 13.8. The predicted octanol–water partition coefficient (Wildman–Crippen LogP) is 3.42. The van der Waals surface area contributed by atoms with E-state index in [1.54, 1.807) is 30.3 Å². The van der Waals surface area contributed by atoms with E-state index in [4.69, 9.17) is 0 Å². The molecule has 0 aliphatic heterocycles. The summed E-state index contributed by atoms with van der Waals surface area (Å²) in [4.78, 5) is 0.224. The quantitative estimate of drug-likeness (QED) is 0.874. The van der Waals surface area contributed by atoms with Crippen LogP contribution in [0.5, 0.6) is 0 Å². The fourth-order valence-electron chi connectivity index (χ4n) is 1.89. The lowest BCUT2D eigenvalue weighted by Crippen LogP contribution is -2.26. The van der Waals surface area contributed by atoms with Gasteiger partial charge in [-0.25, -0.2) is 17.5 Å². The summed E-state index contributed by atoms with van der Waals surface area (Å²) < 4.78 is 40.7. The zero-order valence-electron chi connectivity index (χ0n) is 11.4. The molecular formula is C15H15BrFNO2S. The Bertz CT molecular complexity index is 747. The minimum atomic E-state index is -3.54. The molecule has 2 aromatic rings. The third-order valence-electron chi connectivity index (χ3n) is 3.03. The smallest absolute Gasteiger partial charge is 0.211 e. The number of halogens is 2. The fraction of sp³-hybridized carbons (Fsp3) is 0.200. The first-order valence-electron chi connectivity index (χ1n) is 6.39. The van der Waals surface area contributed by atoms with Crippen LogP contribution in [0.2, 0.25) is 0 Å². The van der Waals surface area contributed by atoms with E-state index in [9.17, 15) is 12.8 Å². The Kier molecular flexibility index (Phi) is 5.13. The van der Waals surface area contributed by atoms with E-state index in [0.717, 1.165) is 15.6 Å². The number of sulfonamides is 1. The van der Waals surface area contributed by atoms with Gasteiger partial charge in [-0.2, -0.15) is 0 Å². The SMILES string of the molecule is Cc1cc(S(=O)(=O)NCCc2cccc(F)c2)ccc1Br. The molecule has 3 nitrogen and oxygen atoms in total. The van der Waals surface area contributed by atoms with Gasteiger partial charge >= 0.3 is 0 Å². The second-order valence-electron chi connectivity index (χ2n) is 4.69. The fourth-order valence-corrected chi connectivity index (χ4v) is 3.25. The maximum atomic E-state index is 13.0. The predicted molar refractivity (Wildman–Crippen MR) is 84.2 cm³/mol. The first kappa shape index (κ1) is 16.1. The van der Waals surface area contributed by atoms with E-state index in [1.165, 1.54) is 12.1 Å². The number of benzene rings is 2. The van der Waals surface area contributed by atoms with Gasteiger partial charge in [-0.15, -0.1) is 0 Å². The van der Waals surface area contributed by atoms with Crippen LogP contribution in [0.15, 0.2) is 51.8 Å². The van der Waals surface area contributed by atoms with Crippen molar-refractivity contribution in [1.82, 2.24) is 4.72 Å². The molecule has 0 spiro atoms. The minimum absolute atomic E-state index is 0.223. The van der Waals surface area contributed by atoms with Crippen LogP contribution in [0.1, 0.15) is 11.1 Å². The van der Waals surface area contributed by atoms with Crippen molar-refractivity contribution >= 4 is 26.0 Å². The number of nitrogens with one attached hydrogen (secondary N) is 1. The van der Waals surface area contributed by atoms with Gasteiger partial charge in [-0.3, -0.25) is 0 Å². The summed E-state index contributed by atoms with van der Waals surface area (Å²) in [5, 5.41) is 0. The molecule has 0 heterocycles. The average molecular weight is 372 g/mol. The van der Waals surface area contributed by atoms with Crippen LogP contribution < -0.4 is 4.72 Å². The number of aryl methyl sites for hydroxylation is 1. The molecule has 0 aliphatic rings. The van der Waals surface area contributed by atoms with E-state index in [2.05, 4.69) is 20.7 Å². The van der Waals surface area contributed by atoms with Gasteiger partial charge in [0.15, 0.2) is 0 Å². The van der Waals surface area contributed by atoms with E-state index in [-0.39, 0.29) is 17.3 Å². The van der Waals surface area contributed by atoms with Crippen LogP contribution in [0, 0.1) is 12.7 Å². The van der Waals surface area contributed by atoms with Gasteiger partial charge in [-0.1, -0.05) is 28.1 Å². The summed E-state index contributed by atoms with van der Waals surface area (Å²) in [5.41, 5.74) is 1.60. The summed E-state index contributed by atoms with van der Waals surface area (Å²) >= 11 is 3.34. The van der Waals surface area contributed by atoms with Crippen LogP contribution in [0.3, 0.4) is 0 Å². The highest BCUT2D eigenvalue weighted by Gasteiger charge is 2.14. The summed E-state index contributed by atoms with van der Waals surface area (Å²) in [6, 6.07) is 11.0. The van der Waals surface area contributed by atoms with Crippen molar-refractivity contribution in [3.63, 3.8) is 0 Å². The van der Waals surface area contributed by atoms with Gasteiger partial charge < -0.3 is 0 Å². The average Bonchev–Trinajstić information content (AvgIpc) is 2.41.